The van der Waals surface area contributed by atoms with E-state index < -0.39 is 0 Å². The van der Waals surface area contributed by atoms with Gasteiger partial charge in [0.25, 0.3) is 5.91 Å². The first kappa shape index (κ1) is 12.2. The van der Waals surface area contributed by atoms with Crippen LogP contribution in [0.25, 0.3) is 10.9 Å². The van der Waals surface area contributed by atoms with Crippen LogP contribution in [-0.2, 0) is 5.33 Å². The predicted octanol–water partition coefficient (Wildman–Crippen LogP) is 4.22. The second-order valence-electron chi connectivity index (χ2n) is 4.38. The Hall–Kier alpha value is -1.87. The quantitative estimate of drug-likeness (QED) is 0.649. The van der Waals surface area contributed by atoms with Crippen LogP contribution >= 0.6 is 15.9 Å². The number of carbonyl (C=O) groups excluding carboxylic acids is 1. The van der Waals surface area contributed by atoms with Crippen LogP contribution in [0.5, 0.6) is 0 Å². The number of para-hydroxylation sites is 1. The maximum Gasteiger partial charge on any atom is 0.262 e. The summed E-state index contributed by atoms with van der Waals surface area (Å²) in [5.74, 6) is 0.00215. The molecule has 0 amide bonds. The summed E-state index contributed by atoms with van der Waals surface area (Å²) in [5.41, 5.74) is 2.80. The zero-order valence-corrected chi connectivity index (χ0v) is 11.8. The summed E-state index contributed by atoms with van der Waals surface area (Å²) in [6.07, 6.45) is 1.82. The van der Waals surface area contributed by atoms with Crippen LogP contribution in [0, 0.1) is 0 Å². The zero-order chi connectivity index (χ0) is 13.2. The monoisotopic (exact) mass is 313 g/mol. The predicted molar refractivity (Wildman–Crippen MR) is 80.7 cm³/mol. The summed E-state index contributed by atoms with van der Waals surface area (Å²) in [5, 5.41) is 1.88. The number of carbonyl (C=O) groups is 1. The van der Waals surface area contributed by atoms with Gasteiger partial charge < -0.3 is 0 Å². The highest BCUT2D eigenvalue weighted by atomic mass is 79.9. The van der Waals surface area contributed by atoms with E-state index in [-0.39, 0.29) is 5.91 Å². The van der Waals surface area contributed by atoms with E-state index in [1.165, 1.54) is 0 Å². The van der Waals surface area contributed by atoms with Crippen molar-refractivity contribution in [3.63, 3.8) is 0 Å². The Morgan fingerprint density at radius 1 is 1.00 bits per heavy atom. The van der Waals surface area contributed by atoms with Crippen LogP contribution in [0.4, 0.5) is 0 Å². The number of aromatic nitrogens is 1. The number of halogens is 1. The molecular formula is C16H12BrNO. The normalized spacial score (nSPS) is 10.8. The van der Waals surface area contributed by atoms with Crippen molar-refractivity contribution < 1.29 is 4.79 Å². The topological polar surface area (TPSA) is 22.0 Å². The maximum atomic E-state index is 12.5. The number of hydrogen-bond donors (Lipinski definition) is 0. The van der Waals surface area contributed by atoms with E-state index in [0.29, 0.717) is 5.56 Å². The molecule has 3 aromatic rings. The van der Waals surface area contributed by atoms with E-state index in [1.54, 1.807) is 4.57 Å². The van der Waals surface area contributed by atoms with E-state index >= 15 is 0 Å². The van der Waals surface area contributed by atoms with Gasteiger partial charge in [-0.3, -0.25) is 9.36 Å². The first-order valence-electron chi connectivity index (χ1n) is 6.05. The van der Waals surface area contributed by atoms with Gasteiger partial charge in [0, 0.05) is 22.5 Å². The minimum atomic E-state index is 0.00215. The number of rotatable bonds is 2. The van der Waals surface area contributed by atoms with Gasteiger partial charge >= 0.3 is 0 Å². The highest BCUT2D eigenvalue weighted by Gasteiger charge is 2.10. The van der Waals surface area contributed by atoms with Gasteiger partial charge in [0.15, 0.2) is 0 Å². The highest BCUT2D eigenvalue weighted by molar-refractivity contribution is 9.08. The van der Waals surface area contributed by atoms with Crippen LogP contribution in [0.3, 0.4) is 0 Å². The maximum absolute atomic E-state index is 12.5. The molecule has 0 atom stereocenters. The second kappa shape index (κ2) is 5.02. The minimum Gasteiger partial charge on any atom is -0.283 e. The average molecular weight is 314 g/mol. The number of nitrogens with zero attached hydrogens (tertiary/aromatic N) is 1. The van der Waals surface area contributed by atoms with Crippen LogP contribution in [0.1, 0.15) is 15.9 Å². The molecule has 0 saturated heterocycles. The molecule has 0 unspecified atom stereocenters. The van der Waals surface area contributed by atoms with E-state index in [9.17, 15) is 4.79 Å². The van der Waals surface area contributed by atoms with Crippen LogP contribution in [-0.4, -0.2) is 10.5 Å². The molecule has 1 aromatic heterocycles. The molecule has 3 heteroatoms. The van der Waals surface area contributed by atoms with Crippen molar-refractivity contribution in [1.29, 1.82) is 0 Å². The van der Waals surface area contributed by atoms with Crippen molar-refractivity contribution in [1.82, 2.24) is 4.57 Å². The van der Waals surface area contributed by atoms with E-state index in [4.69, 9.17) is 0 Å². The molecule has 0 aliphatic carbocycles. The van der Waals surface area contributed by atoms with E-state index in [0.717, 1.165) is 21.8 Å². The van der Waals surface area contributed by atoms with E-state index in [2.05, 4.69) is 15.9 Å². The fourth-order valence-electron chi connectivity index (χ4n) is 2.14. The molecule has 0 saturated carbocycles. The molecule has 0 bridgehead atoms. The smallest absolute Gasteiger partial charge is 0.262 e. The minimum absolute atomic E-state index is 0.00215. The van der Waals surface area contributed by atoms with Crippen molar-refractivity contribution in [2.45, 2.75) is 5.33 Å². The van der Waals surface area contributed by atoms with Crippen LogP contribution in [0.15, 0.2) is 60.8 Å². The van der Waals surface area contributed by atoms with Crippen molar-refractivity contribution in [2.75, 3.05) is 0 Å². The standard InChI is InChI=1S/C16H12BrNO/c17-11-12-5-7-14(8-6-12)16(19)18-10-9-13-3-1-2-4-15(13)18/h1-10H,11H2. The molecule has 2 aromatic carbocycles. The SMILES string of the molecule is O=C(c1ccc(CBr)cc1)n1ccc2ccccc21. The van der Waals surface area contributed by atoms with Crippen molar-refractivity contribution in [3.05, 3.63) is 71.9 Å². The molecule has 1 heterocycles. The Labute approximate surface area is 119 Å². The zero-order valence-electron chi connectivity index (χ0n) is 10.2. The third-order valence-corrected chi connectivity index (χ3v) is 3.82. The Balaban J connectivity index is 2.03. The third-order valence-electron chi connectivity index (χ3n) is 3.17. The molecule has 94 valence electrons. The molecule has 0 fully saturated rings. The first-order valence-corrected chi connectivity index (χ1v) is 7.17. The Bertz CT molecular complexity index is 728. The van der Waals surface area contributed by atoms with Gasteiger partial charge in [0.2, 0.25) is 0 Å². The van der Waals surface area contributed by atoms with Crippen LogP contribution < -0.4 is 0 Å². The molecular weight excluding hydrogens is 302 g/mol. The number of fused-ring (bicyclic) bond motifs is 1. The van der Waals surface area contributed by atoms with Gasteiger partial charge in [0.1, 0.15) is 0 Å². The number of alkyl halides is 1. The molecule has 0 spiro atoms. The summed E-state index contributed by atoms with van der Waals surface area (Å²) in [7, 11) is 0. The van der Waals surface area contributed by atoms with Gasteiger partial charge in [-0.15, -0.1) is 0 Å². The average Bonchev–Trinajstić information content (AvgIpc) is 2.90. The first-order chi connectivity index (χ1) is 9.29. The molecule has 2 nitrogen and oxygen atoms in total. The van der Waals surface area contributed by atoms with Crippen molar-refractivity contribution in [3.8, 4) is 0 Å². The molecule has 0 aliphatic heterocycles. The summed E-state index contributed by atoms with van der Waals surface area (Å²) < 4.78 is 1.69. The second-order valence-corrected chi connectivity index (χ2v) is 4.94. The van der Waals surface area contributed by atoms with E-state index in [1.807, 2.05) is 60.8 Å². The lowest BCUT2D eigenvalue weighted by atomic mass is 10.1. The fourth-order valence-corrected chi connectivity index (χ4v) is 2.51. The summed E-state index contributed by atoms with van der Waals surface area (Å²) in [4.78, 5) is 12.5. The fraction of sp³-hybridized carbons (Fsp3) is 0.0625. The Kier molecular flexibility index (Phi) is 3.22. The van der Waals surface area contributed by atoms with Crippen molar-refractivity contribution in [2.24, 2.45) is 0 Å². The summed E-state index contributed by atoms with van der Waals surface area (Å²) >= 11 is 3.40. The lowest BCUT2D eigenvalue weighted by molar-refractivity contribution is 0.0965. The Morgan fingerprint density at radius 3 is 2.47 bits per heavy atom. The summed E-state index contributed by atoms with van der Waals surface area (Å²) in [6.45, 7) is 0. The van der Waals surface area contributed by atoms with Gasteiger partial charge in [0.05, 0.1) is 5.52 Å². The van der Waals surface area contributed by atoms with Crippen LogP contribution in [0.2, 0.25) is 0 Å². The molecule has 0 radical (unpaired) electrons. The largest absolute Gasteiger partial charge is 0.283 e. The number of hydrogen-bond acceptors (Lipinski definition) is 1. The number of benzene rings is 2. The molecule has 3 rings (SSSR count). The van der Waals surface area contributed by atoms with Gasteiger partial charge in [-0.25, -0.2) is 0 Å². The lowest BCUT2D eigenvalue weighted by Crippen LogP contribution is -2.10. The van der Waals surface area contributed by atoms with Gasteiger partial charge in [-0.2, -0.15) is 0 Å². The molecule has 19 heavy (non-hydrogen) atoms. The Morgan fingerprint density at radius 2 is 1.74 bits per heavy atom. The van der Waals surface area contributed by atoms with Crippen molar-refractivity contribution >= 4 is 32.7 Å². The lowest BCUT2D eigenvalue weighted by Gasteiger charge is -2.05. The third kappa shape index (κ3) is 2.22. The van der Waals surface area contributed by atoms with Gasteiger partial charge in [-0.05, 0) is 29.8 Å². The highest BCUT2D eigenvalue weighted by Crippen LogP contribution is 2.17. The molecule has 0 aliphatic rings. The molecule has 0 N–H and O–H groups in total. The summed E-state index contributed by atoms with van der Waals surface area (Å²) in [6, 6.07) is 17.5. The van der Waals surface area contributed by atoms with Gasteiger partial charge in [-0.1, -0.05) is 46.3 Å².